The fraction of sp³-hybridized carbons (Fsp3) is 0.308. The fourth-order valence-electron chi connectivity index (χ4n) is 1.44. The van der Waals surface area contributed by atoms with Crippen molar-refractivity contribution in [3.05, 3.63) is 47.8 Å². The maximum Gasteiger partial charge on any atom is 0.163 e. The highest BCUT2D eigenvalue weighted by molar-refractivity contribution is 5.97. The lowest BCUT2D eigenvalue weighted by Crippen LogP contribution is -2.02. The molecule has 0 radical (unpaired) electrons. The maximum absolute atomic E-state index is 12.9. The Kier molecular flexibility index (Phi) is 4.22. The smallest absolute Gasteiger partial charge is 0.163 e. The maximum atomic E-state index is 12.9. The molecule has 1 rings (SSSR count). The molecule has 0 aliphatic rings. The van der Waals surface area contributed by atoms with E-state index in [2.05, 4.69) is 6.58 Å². The second-order valence-electron chi connectivity index (χ2n) is 3.56. The number of halogens is 1. The Hall–Kier alpha value is -1.44. The predicted molar refractivity (Wildman–Crippen MR) is 59.5 cm³/mol. The van der Waals surface area contributed by atoms with Gasteiger partial charge in [-0.15, -0.1) is 6.58 Å². The molecule has 0 bridgehead atoms. The molecule has 2 heteroatoms. The molecular formula is C13H15FO. The molecule has 0 fully saturated rings. The van der Waals surface area contributed by atoms with Gasteiger partial charge in [0, 0.05) is 12.0 Å². The molecule has 0 spiro atoms. The number of carbonyl (C=O) groups excluding carboxylic acids is 1. The first-order valence-electron chi connectivity index (χ1n) is 5.05. The molecule has 1 aromatic carbocycles. The minimum Gasteiger partial charge on any atom is -0.294 e. The molecule has 0 N–H and O–H groups in total. The minimum absolute atomic E-state index is 0.00819. The van der Waals surface area contributed by atoms with Gasteiger partial charge in [-0.05, 0) is 37.5 Å². The van der Waals surface area contributed by atoms with Gasteiger partial charge in [0.05, 0.1) is 0 Å². The first kappa shape index (κ1) is 11.6. The van der Waals surface area contributed by atoms with Crippen molar-refractivity contribution in [2.45, 2.75) is 26.2 Å². The van der Waals surface area contributed by atoms with Gasteiger partial charge in [0.1, 0.15) is 5.82 Å². The van der Waals surface area contributed by atoms with Crippen LogP contribution in [-0.2, 0) is 0 Å². The number of Topliss-reactive ketones (excluding diaryl/α,β-unsaturated/α-hetero) is 1. The van der Waals surface area contributed by atoms with E-state index in [0.29, 0.717) is 12.0 Å². The summed E-state index contributed by atoms with van der Waals surface area (Å²) in [6, 6.07) is 4.32. The van der Waals surface area contributed by atoms with Gasteiger partial charge in [0.15, 0.2) is 5.78 Å². The van der Waals surface area contributed by atoms with E-state index in [1.54, 1.807) is 12.1 Å². The van der Waals surface area contributed by atoms with Crippen LogP contribution in [0.25, 0.3) is 0 Å². The summed E-state index contributed by atoms with van der Waals surface area (Å²) in [5.74, 6) is -0.346. The molecule has 80 valence electrons. The highest BCUT2D eigenvalue weighted by Gasteiger charge is 2.09. The number of allylic oxidation sites excluding steroid dienone is 1. The number of rotatable bonds is 5. The SMILES string of the molecule is C=CCCCC(=O)c1cc(F)ccc1C. The molecule has 1 nitrogen and oxygen atoms in total. The van der Waals surface area contributed by atoms with E-state index >= 15 is 0 Å². The molecule has 1 aromatic rings. The number of hydrogen-bond acceptors (Lipinski definition) is 1. The van der Waals surface area contributed by atoms with Crippen molar-refractivity contribution in [1.29, 1.82) is 0 Å². The zero-order valence-corrected chi connectivity index (χ0v) is 8.92. The molecule has 0 unspecified atom stereocenters. The van der Waals surface area contributed by atoms with Crippen molar-refractivity contribution in [3.8, 4) is 0 Å². The Morgan fingerprint density at radius 1 is 1.53 bits per heavy atom. The summed E-state index contributed by atoms with van der Waals surface area (Å²) in [6.45, 7) is 5.41. The first-order valence-corrected chi connectivity index (χ1v) is 5.05. The lowest BCUT2D eigenvalue weighted by atomic mass is 10.0. The van der Waals surface area contributed by atoms with Crippen molar-refractivity contribution in [1.82, 2.24) is 0 Å². The molecule has 0 heterocycles. The van der Waals surface area contributed by atoms with Crippen LogP contribution in [0.1, 0.15) is 35.2 Å². The number of benzene rings is 1. The van der Waals surface area contributed by atoms with Gasteiger partial charge in [-0.1, -0.05) is 12.1 Å². The minimum atomic E-state index is -0.354. The van der Waals surface area contributed by atoms with Gasteiger partial charge < -0.3 is 0 Å². The van der Waals surface area contributed by atoms with Gasteiger partial charge in [-0.25, -0.2) is 4.39 Å². The van der Waals surface area contributed by atoms with Crippen LogP contribution in [-0.4, -0.2) is 5.78 Å². The van der Waals surface area contributed by atoms with Gasteiger partial charge in [0.2, 0.25) is 0 Å². The van der Waals surface area contributed by atoms with Crippen LogP contribution in [0.15, 0.2) is 30.9 Å². The van der Waals surface area contributed by atoms with E-state index in [0.717, 1.165) is 18.4 Å². The van der Waals surface area contributed by atoms with E-state index in [4.69, 9.17) is 0 Å². The van der Waals surface area contributed by atoms with Crippen molar-refractivity contribution in [2.24, 2.45) is 0 Å². The molecule has 0 aliphatic heterocycles. The standard InChI is InChI=1S/C13H15FO/c1-3-4-5-6-13(15)12-9-11(14)8-7-10(12)2/h3,7-9H,1,4-6H2,2H3. The number of ketones is 1. The fourth-order valence-corrected chi connectivity index (χ4v) is 1.44. The second-order valence-corrected chi connectivity index (χ2v) is 3.56. The van der Waals surface area contributed by atoms with Crippen LogP contribution in [0.2, 0.25) is 0 Å². The van der Waals surface area contributed by atoms with E-state index in [9.17, 15) is 9.18 Å². The Labute approximate surface area is 89.6 Å². The molecule has 15 heavy (non-hydrogen) atoms. The largest absolute Gasteiger partial charge is 0.294 e. The molecule has 0 amide bonds. The molecule has 0 aliphatic carbocycles. The Morgan fingerprint density at radius 3 is 2.93 bits per heavy atom. The monoisotopic (exact) mass is 206 g/mol. The summed E-state index contributed by atoms with van der Waals surface area (Å²) in [4.78, 5) is 11.7. The summed E-state index contributed by atoms with van der Waals surface area (Å²) < 4.78 is 12.9. The predicted octanol–water partition coefficient (Wildman–Crippen LogP) is 3.67. The van der Waals surface area contributed by atoms with Gasteiger partial charge >= 0.3 is 0 Å². The van der Waals surface area contributed by atoms with Gasteiger partial charge in [0.25, 0.3) is 0 Å². The average molecular weight is 206 g/mol. The van der Waals surface area contributed by atoms with E-state index in [1.165, 1.54) is 12.1 Å². The first-order chi connectivity index (χ1) is 7.15. The average Bonchev–Trinajstić information content (AvgIpc) is 2.22. The van der Waals surface area contributed by atoms with Crippen LogP contribution < -0.4 is 0 Å². The van der Waals surface area contributed by atoms with Crippen LogP contribution in [0.4, 0.5) is 4.39 Å². The molecule has 0 aromatic heterocycles. The lowest BCUT2D eigenvalue weighted by Gasteiger charge is -2.04. The highest BCUT2D eigenvalue weighted by Crippen LogP contribution is 2.14. The van der Waals surface area contributed by atoms with Crippen molar-refractivity contribution >= 4 is 5.78 Å². The number of hydrogen-bond donors (Lipinski definition) is 0. The number of carbonyl (C=O) groups is 1. The van der Waals surface area contributed by atoms with E-state index < -0.39 is 0 Å². The topological polar surface area (TPSA) is 17.1 Å². The molecule has 0 saturated carbocycles. The van der Waals surface area contributed by atoms with Crippen LogP contribution >= 0.6 is 0 Å². The van der Waals surface area contributed by atoms with Crippen molar-refractivity contribution in [3.63, 3.8) is 0 Å². The van der Waals surface area contributed by atoms with Crippen LogP contribution in [0, 0.1) is 12.7 Å². The van der Waals surface area contributed by atoms with Crippen molar-refractivity contribution < 1.29 is 9.18 Å². The molecular weight excluding hydrogens is 191 g/mol. The molecule has 0 saturated heterocycles. The zero-order valence-electron chi connectivity index (χ0n) is 8.92. The normalized spacial score (nSPS) is 10.0. The molecule has 0 atom stereocenters. The third kappa shape index (κ3) is 3.31. The lowest BCUT2D eigenvalue weighted by molar-refractivity contribution is 0.0979. The summed E-state index contributed by atoms with van der Waals surface area (Å²) in [5, 5.41) is 0. The zero-order chi connectivity index (χ0) is 11.3. The quantitative estimate of drug-likeness (QED) is 0.408. The third-order valence-corrected chi connectivity index (χ3v) is 2.31. The Morgan fingerprint density at radius 2 is 2.27 bits per heavy atom. The summed E-state index contributed by atoms with van der Waals surface area (Å²) in [6.07, 6.45) is 3.83. The highest BCUT2D eigenvalue weighted by atomic mass is 19.1. The summed E-state index contributed by atoms with van der Waals surface area (Å²) >= 11 is 0. The van der Waals surface area contributed by atoms with Gasteiger partial charge in [-0.3, -0.25) is 4.79 Å². The summed E-state index contributed by atoms with van der Waals surface area (Å²) in [5.41, 5.74) is 1.33. The third-order valence-electron chi connectivity index (χ3n) is 2.31. The Bertz CT molecular complexity index is 369. The number of unbranched alkanes of at least 4 members (excludes halogenated alkanes) is 1. The van der Waals surface area contributed by atoms with Crippen molar-refractivity contribution in [2.75, 3.05) is 0 Å². The Balaban J connectivity index is 2.72. The van der Waals surface area contributed by atoms with E-state index in [-0.39, 0.29) is 11.6 Å². The number of aryl methyl sites for hydroxylation is 1. The van der Waals surface area contributed by atoms with Crippen LogP contribution in [0.5, 0.6) is 0 Å². The second kappa shape index (κ2) is 5.44. The van der Waals surface area contributed by atoms with Crippen LogP contribution in [0.3, 0.4) is 0 Å². The van der Waals surface area contributed by atoms with E-state index in [1.807, 2.05) is 6.92 Å². The summed E-state index contributed by atoms with van der Waals surface area (Å²) in [7, 11) is 0. The van der Waals surface area contributed by atoms with Gasteiger partial charge in [-0.2, -0.15) is 0 Å².